The molecule has 4 rings (SSSR count). The van der Waals surface area contributed by atoms with E-state index >= 15 is 0 Å². The van der Waals surface area contributed by atoms with Gasteiger partial charge < -0.3 is 4.74 Å². The molecule has 4 heteroatoms. The van der Waals surface area contributed by atoms with Gasteiger partial charge in [-0.05, 0) is 36.8 Å². The number of ether oxygens (including phenoxy) is 1. The van der Waals surface area contributed by atoms with Gasteiger partial charge in [0.2, 0.25) is 5.88 Å². The van der Waals surface area contributed by atoms with Crippen molar-refractivity contribution >= 4 is 5.65 Å². The van der Waals surface area contributed by atoms with E-state index in [0.29, 0.717) is 5.88 Å². The summed E-state index contributed by atoms with van der Waals surface area (Å²) in [7, 11) is 0. The molecule has 0 bridgehead atoms. The fourth-order valence-electron chi connectivity index (χ4n) is 2.48. The van der Waals surface area contributed by atoms with Crippen LogP contribution in [0.2, 0.25) is 0 Å². The zero-order valence-electron chi connectivity index (χ0n) is 12.7. The van der Waals surface area contributed by atoms with Crippen molar-refractivity contribution in [3.63, 3.8) is 0 Å². The molecule has 2 heterocycles. The van der Waals surface area contributed by atoms with E-state index in [0.717, 1.165) is 35.9 Å². The second kappa shape index (κ2) is 5.44. The SMILES string of the molecule is CCc1ccc(-c2cn3nc(OCC4CC4)ccc3n2)cc1. The number of imidazole rings is 1. The van der Waals surface area contributed by atoms with E-state index < -0.39 is 0 Å². The first-order valence-electron chi connectivity index (χ1n) is 7.90. The van der Waals surface area contributed by atoms with E-state index in [1.54, 1.807) is 4.52 Å². The molecule has 1 aliphatic carbocycles. The molecule has 22 heavy (non-hydrogen) atoms. The van der Waals surface area contributed by atoms with Crippen LogP contribution in [0.1, 0.15) is 25.3 Å². The predicted octanol–water partition coefficient (Wildman–Crippen LogP) is 3.75. The van der Waals surface area contributed by atoms with Gasteiger partial charge in [0.1, 0.15) is 0 Å². The highest BCUT2D eigenvalue weighted by atomic mass is 16.5. The second-order valence-corrected chi connectivity index (χ2v) is 5.91. The van der Waals surface area contributed by atoms with Gasteiger partial charge in [0.15, 0.2) is 5.65 Å². The topological polar surface area (TPSA) is 39.4 Å². The maximum Gasteiger partial charge on any atom is 0.231 e. The molecule has 2 aromatic heterocycles. The molecule has 0 atom stereocenters. The summed E-state index contributed by atoms with van der Waals surface area (Å²) in [6, 6.07) is 12.4. The molecule has 0 aliphatic heterocycles. The van der Waals surface area contributed by atoms with E-state index in [9.17, 15) is 0 Å². The summed E-state index contributed by atoms with van der Waals surface area (Å²) in [4.78, 5) is 4.63. The Morgan fingerprint density at radius 2 is 1.95 bits per heavy atom. The van der Waals surface area contributed by atoms with Gasteiger partial charge in [-0.25, -0.2) is 9.50 Å². The van der Waals surface area contributed by atoms with Crippen molar-refractivity contribution in [2.75, 3.05) is 6.61 Å². The molecule has 0 amide bonds. The molecule has 3 aromatic rings. The Labute approximate surface area is 129 Å². The molecule has 0 radical (unpaired) electrons. The van der Waals surface area contributed by atoms with Crippen molar-refractivity contribution in [2.24, 2.45) is 5.92 Å². The third-order valence-electron chi connectivity index (χ3n) is 4.12. The lowest BCUT2D eigenvalue weighted by Gasteiger charge is -2.03. The molecule has 0 saturated heterocycles. The quantitative estimate of drug-likeness (QED) is 0.719. The fourth-order valence-corrected chi connectivity index (χ4v) is 2.48. The molecular formula is C18H19N3O. The minimum Gasteiger partial charge on any atom is -0.476 e. The number of fused-ring (bicyclic) bond motifs is 1. The van der Waals surface area contributed by atoms with E-state index in [2.05, 4.69) is 41.3 Å². The highest BCUT2D eigenvalue weighted by Crippen LogP contribution is 2.29. The average molecular weight is 293 g/mol. The van der Waals surface area contributed by atoms with Gasteiger partial charge in [0.05, 0.1) is 18.5 Å². The summed E-state index contributed by atoms with van der Waals surface area (Å²) in [5.41, 5.74) is 4.23. The number of nitrogens with zero attached hydrogens (tertiary/aromatic N) is 3. The van der Waals surface area contributed by atoms with Crippen LogP contribution in [-0.2, 0) is 6.42 Å². The summed E-state index contributed by atoms with van der Waals surface area (Å²) in [5.74, 6) is 1.40. The van der Waals surface area contributed by atoms with Crippen LogP contribution >= 0.6 is 0 Å². The Bertz CT molecular complexity index is 788. The van der Waals surface area contributed by atoms with Crippen LogP contribution in [0.3, 0.4) is 0 Å². The number of hydrogen-bond acceptors (Lipinski definition) is 3. The molecule has 112 valence electrons. The number of benzene rings is 1. The number of aryl methyl sites for hydroxylation is 1. The van der Waals surface area contributed by atoms with Gasteiger partial charge in [-0.2, -0.15) is 0 Å². The van der Waals surface area contributed by atoms with Crippen LogP contribution < -0.4 is 4.74 Å². The fraction of sp³-hybridized carbons (Fsp3) is 0.333. The zero-order chi connectivity index (χ0) is 14.9. The second-order valence-electron chi connectivity index (χ2n) is 5.91. The molecule has 4 nitrogen and oxygen atoms in total. The van der Waals surface area contributed by atoms with Crippen molar-refractivity contribution < 1.29 is 4.74 Å². The molecular weight excluding hydrogens is 274 g/mol. The summed E-state index contributed by atoms with van der Waals surface area (Å²) in [6.45, 7) is 2.94. The largest absolute Gasteiger partial charge is 0.476 e. The van der Waals surface area contributed by atoms with Gasteiger partial charge in [-0.1, -0.05) is 31.2 Å². The first-order valence-corrected chi connectivity index (χ1v) is 7.90. The van der Waals surface area contributed by atoms with E-state index in [1.165, 1.54) is 18.4 Å². The number of hydrogen-bond donors (Lipinski definition) is 0. The molecule has 0 spiro atoms. The maximum absolute atomic E-state index is 5.72. The third kappa shape index (κ3) is 2.69. The normalized spacial score (nSPS) is 14.4. The van der Waals surface area contributed by atoms with Crippen LogP contribution in [0.15, 0.2) is 42.6 Å². The smallest absolute Gasteiger partial charge is 0.231 e. The maximum atomic E-state index is 5.72. The van der Waals surface area contributed by atoms with Crippen molar-refractivity contribution in [3.05, 3.63) is 48.2 Å². The third-order valence-corrected chi connectivity index (χ3v) is 4.12. The number of aromatic nitrogens is 3. The lowest BCUT2D eigenvalue weighted by atomic mass is 10.1. The standard InChI is InChI=1S/C18H19N3O/c1-2-13-5-7-15(8-6-13)16-11-21-17(19-16)9-10-18(20-21)22-12-14-3-4-14/h5-11,14H,2-4,12H2,1H3. The molecule has 1 fully saturated rings. The van der Waals surface area contributed by atoms with Gasteiger partial charge in [-0.15, -0.1) is 5.10 Å². The summed E-state index contributed by atoms with van der Waals surface area (Å²) in [5, 5.41) is 4.49. The van der Waals surface area contributed by atoms with Gasteiger partial charge in [-0.3, -0.25) is 0 Å². The Kier molecular flexibility index (Phi) is 3.29. The summed E-state index contributed by atoms with van der Waals surface area (Å²) >= 11 is 0. The van der Waals surface area contributed by atoms with E-state index in [-0.39, 0.29) is 0 Å². The van der Waals surface area contributed by atoms with Crippen LogP contribution in [0.5, 0.6) is 5.88 Å². The minimum atomic E-state index is 0.671. The van der Waals surface area contributed by atoms with Gasteiger partial charge >= 0.3 is 0 Å². The number of rotatable bonds is 5. The first kappa shape index (κ1) is 13.3. The molecule has 0 unspecified atom stereocenters. The minimum absolute atomic E-state index is 0.671. The van der Waals surface area contributed by atoms with Gasteiger partial charge in [0, 0.05) is 11.6 Å². The van der Waals surface area contributed by atoms with E-state index in [1.807, 2.05) is 18.3 Å². The Hall–Kier alpha value is -2.36. The van der Waals surface area contributed by atoms with E-state index in [4.69, 9.17) is 4.74 Å². The Morgan fingerprint density at radius 3 is 2.68 bits per heavy atom. The lowest BCUT2D eigenvalue weighted by molar-refractivity contribution is 0.284. The van der Waals surface area contributed by atoms with Crippen LogP contribution in [0.4, 0.5) is 0 Å². The predicted molar refractivity (Wildman–Crippen MR) is 86.0 cm³/mol. The van der Waals surface area contributed by atoms with Gasteiger partial charge in [0.25, 0.3) is 0 Å². The first-order chi connectivity index (χ1) is 10.8. The highest BCUT2D eigenvalue weighted by molar-refractivity contribution is 5.62. The highest BCUT2D eigenvalue weighted by Gasteiger charge is 2.22. The summed E-state index contributed by atoms with van der Waals surface area (Å²) in [6.07, 6.45) is 5.57. The summed E-state index contributed by atoms with van der Waals surface area (Å²) < 4.78 is 7.52. The Balaban J connectivity index is 1.60. The lowest BCUT2D eigenvalue weighted by Crippen LogP contribution is -2.02. The van der Waals surface area contributed by atoms with Crippen LogP contribution in [-0.4, -0.2) is 21.2 Å². The van der Waals surface area contributed by atoms with Crippen LogP contribution in [0.25, 0.3) is 16.9 Å². The Morgan fingerprint density at radius 1 is 1.14 bits per heavy atom. The monoisotopic (exact) mass is 293 g/mol. The molecule has 1 aliphatic rings. The zero-order valence-corrected chi connectivity index (χ0v) is 12.7. The molecule has 0 N–H and O–H groups in total. The van der Waals surface area contributed by atoms with Crippen LogP contribution in [0, 0.1) is 5.92 Å². The van der Waals surface area contributed by atoms with Crippen molar-refractivity contribution in [2.45, 2.75) is 26.2 Å². The van der Waals surface area contributed by atoms with Crippen molar-refractivity contribution in [1.82, 2.24) is 14.6 Å². The molecule has 1 aromatic carbocycles. The van der Waals surface area contributed by atoms with Crippen molar-refractivity contribution in [3.8, 4) is 17.1 Å². The van der Waals surface area contributed by atoms with Crippen molar-refractivity contribution in [1.29, 1.82) is 0 Å². The molecule has 1 saturated carbocycles. The average Bonchev–Trinajstić information content (AvgIpc) is 3.30.